The van der Waals surface area contributed by atoms with Crippen LogP contribution in [0.5, 0.6) is 0 Å². The molecule has 140 valence electrons. The van der Waals surface area contributed by atoms with Crippen molar-refractivity contribution in [3.05, 3.63) is 40.3 Å². The molecule has 0 saturated carbocycles. The smallest absolute Gasteiger partial charge is 0.131 e. The van der Waals surface area contributed by atoms with E-state index >= 15 is 0 Å². The molecule has 2 aliphatic heterocycles. The van der Waals surface area contributed by atoms with Gasteiger partial charge in [0.2, 0.25) is 0 Å². The van der Waals surface area contributed by atoms with Crippen LogP contribution < -0.4 is 0 Å². The summed E-state index contributed by atoms with van der Waals surface area (Å²) in [6, 6.07) is 9.65. The van der Waals surface area contributed by atoms with Gasteiger partial charge in [-0.1, -0.05) is 18.2 Å². The Balaban J connectivity index is 1.42. The van der Waals surface area contributed by atoms with Gasteiger partial charge >= 0.3 is 0 Å². The topological polar surface area (TPSA) is 67.7 Å². The Morgan fingerprint density at radius 3 is 2.73 bits per heavy atom. The predicted molar refractivity (Wildman–Crippen MR) is 104 cm³/mol. The van der Waals surface area contributed by atoms with Gasteiger partial charge in [-0.2, -0.15) is 4.36 Å². The Labute approximate surface area is 158 Å². The summed E-state index contributed by atoms with van der Waals surface area (Å²) in [5.74, 6) is 1.21. The zero-order valence-electron chi connectivity index (χ0n) is 15.0. The molecule has 1 aromatic heterocycles. The maximum absolute atomic E-state index is 13.1. The number of aromatic nitrogens is 2. The van der Waals surface area contributed by atoms with Gasteiger partial charge in [0.05, 0.1) is 34.2 Å². The van der Waals surface area contributed by atoms with Gasteiger partial charge < -0.3 is 4.74 Å². The Bertz CT molecular complexity index is 860. The quantitative estimate of drug-likeness (QED) is 0.803. The van der Waals surface area contributed by atoms with E-state index in [0.717, 1.165) is 54.8 Å². The highest BCUT2D eigenvalue weighted by atomic mass is 32.2. The molecular weight excluding hydrogens is 368 g/mol. The fourth-order valence-electron chi connectivity index (χ4n) is 3.64. The summed E-state index contributed by atoms with van der Waals surface area (Å²) in [6.07, 6.45) is 1.60. The van der Waals surface area contributed by atoms with Crippen LogP contribution in [0.3, 0.4) is 0 Å². The second-order valence-electron chi connectivity index (χ2n) is 7.06. The SMILES string of the molecule is Cc1nnc(CN2CCOC3(CCS(=O)(=Nc4ccccc4)CC3)C2)s1. The second-order valence-corrected chi connectivity index (χ2v) is 10.9. The number of hydrogen-bond donors (Lipinski definition) is 0. The van der Waals surface area contributed by atoms with Crippen LogP contribution >= 0.6 is 11.3 Å². The number of nitrogens with zero attached hydrogens (tertiary/aromatic N) is 4. The van der Waals surface area contributed by atoms with Crippen molar-refractivity contribution in [3.63, 3.8) is 0 Å². The summed E-state index contributed by atoms with van der Waals surface area (Å²) in [6.45, 7) is 5.29. The van der Waals surface area contributed by atoms with Crippen LogP contribution in [0, 0.1) is 6.92 Å². The molecule has 8 heteroatoms. The maximum atomic E-state index is 13.1. The Kier molecular flexibility index (Phi) is 5.09. The molecule has 2 aliphatic rings. The van der Waals surface area contributed by atoms with Crippen LogP contribution in [-0.4, -0.2) is 56.1 Å². The number of morpholine rings is 1. The zero-order chi connectivity index (χ0) is 18.0. The van der Waals surface area contributed by atoms with E-state index in [-0.39, 0.29) is 5.60 Å². The molecule has 2 aromatic rings. The first-order valence-electron chi connectivity index (χ1n) is 8.97. The first kappa shape index (κ1) is 18.0. The molecule has 26 heavy (non-hydrogen) atoms. The van der Waals surface area contributed by atoms with Crippen LogP contribution in [-0.2, 0) is 21.0 Å². The van der Waals surface area contributed by atoms with Gasteiger partial charge in [0.15, 0.2) is 0 Å². The predicted octanol–water partition coefficient (Wildman–Crippen LogP) is 3.01. The summed E-state index contributed by atoms with van der Waals surface area (Å²) >= 11 is 1.65. The van der Waals surface area contributed by atoms with Crippen LogP contribution in [0.2, 0.25) is 0 Å². The molecule has 0 unspecified atom stereocenters. The lowest BCUT2D eigenvalue weighted by Crippen LogP contribution is -2.54. The molecule has 0 N–H and O–H groups in total. The first-order chi connectivity index (χ1) is 12.5. The lowest BCUT2D eigenvalue weighted by Gasteiger charge is -2.45. The molecule has 0 radical (unpaired) electrons. The second kappa shape index (κ2) is 7.34. The number of hydrogen-bond acceptors (Lipinski definition) is 7. The zero-order valence-corrected chi connectivity index (χ0v) is 16.6. The molecule has 6 nitrogen and oxygen atoms in total. The van der Waals surface area contributed by atoms with Crippen molar-refractivity contribution in [1.82, 2.24) is 15.1 Å². The molecule has 1 spiro atoms. The van der Waals surface area contributed by atoms with Crippen LogP contribution in [0.15, 0.2) is 34.7 Å². The van der Waals surface area contributed by atoms with Crippen molar-refractivity contribution < 1.29 is 8.95 Å². The molecule has 4 rings (SSSR count). The van der Waals surface area contributed by atoms with Gasteiger partial charge in [-0.25, -0.2) is 4.21 Å². The molecular formula is C18H24N4O2S2. The number of aryl methyl sites for hydroxylation is 1. The molecule has 0 bridgehead atoms. The number of ether oxygens (including phenoxy) is 1. The third-order valence-corrected chi connectivity index (χ3v) is 8.09. The minimum Gasteiger partial charge on any atom is -0.372 e. The van der Waals surface area contributed by atoms with E-state index < -0.39 is 9.73 Å². The molecule has 1 aromatic carbocycles. The lowest BCUT2D eigenvalue weighted by atomic mass is 9.94. The van der Waals surface area contributed by atoms with Crippen molar-refractivity contribution in [1.29, 1.82) is 0 Å². The number of rotatable bonds is 3. The van der Waals surface area contributed by atoms with E-state index in [9.17, 15) is 4.21 Å². The summed E-state index contributed by atoms with van der Waals surface area (Å²) in [4.78, 5) is 2.39. The molecule has 0 aliphatic carbocycles. The fraction of sp³-hybridized carbons (Fsp3) is 0.556. The largest absolute Gasteiger partial charge is 0.372 e. The van der Waals surface area contributed by atoms with Crippen molar-refractivity contribution >= 4 is 26.8 Å². The molecule has 2 saturated heterocycles. The highest BCUT2D eigenvalue weighted by molar-refractivity contribution is 7.93. The van der Waals surface area contributed by atoms with Crippen molar-refractivity contribution in [2.45, 2.75) is 31.9 Å². The first-order valence-corrected chi connectivity index (χ1v) is 11.6. The van der Waals surface area contributed by atoms with Crippen molar-refractivity contribution in [2.75, 3.05) is 31.2 Å². The van der Waals surface area contributed by atoms with Crippen molar-refractivity contribution in [3.8, 4) is 0 Å². The number of benzene rings is 1. The van der Waals surface area contributed by atoms with E-state index in [1.54, 1.807) is 11.3 Å². The van der Waals surface area contributed by atoms with E-state index in [4.69, 9.17) is 4.74 Å². The normalized spacial score (nSPS) is 29.7. The van der Waals surface area contributed by atoms with Crippen LogP contribution in [0.1, 0.15) is 22.9 Å². The highest BCUT2D eigenvalue weighted by Crippen LogP contribution is 2.33. The summed E-state index contributed by atoms with van der Waals surface area (Å²) in [7, 11) is -2.19. The van der Waals surface area contributed by atoms with Gasteiger partial charge in [-0.15, -0.1) is 21.5 Å². The van der Waals surface area contributed by atoms with Gasteiger partial charge in [-0.05, 0) is 31.9 Å². The fourth-order valence-corrected chi connectivity index (χ4v) is 6.67. The third-order valence-electron chi connectivity index (χ3n) is 5.04. The standard InChI is InChI=1S/C18H24N4O2S2/c1-15-19-20-17(25-15)13-22-9-10-24-18(14-22)7-11-26(23,12-8-18)21-16-5-3-2-4-6-16/h2-6H,7-14H2,1H3. The highest BCUT2D eigenvalue weighted by Gasteiger charge is 2.41. The van der Waals surface area contributed by atoms with Crippen molar-refractivity contribution in [2.24, 2.45) is 4.36 Å². The molecule has 0 atom stereocenters. The minimum atomic E-state index is -2.19. The lowest BCUT2D eigenvalue weighted by molar-refractivity contribution is -0.115. The Morgan fingerprint density at radius 1 is 1.27 bits per heavy atom. The van der Waals surface area contributed by atoms with Gasteiger partial charge in [-0.3, -0.25) is 4.90 Å². The Morgan fingerprint density at radius 2 is 2.04 bits per heavy atom. The van der Waals surface area contributed by atoms with Crippen LogP contribution in [0.4, 0.5) is 5.69 Å². The molecule has 3 heterocycles. The average Bonchev–Trinajstić information content (AvgIpc) is 3.04. The van der Waals surface area contributed by atoms with Gasteiger partial charge in [0.25, 0.3) is 0 Å². The summed E-state index contributed by atoms with van der Waals surface area (Å²) in [5.41, 5.74) is 0.622. The monoisotopic (exact) mass is 392 g/mol. The summed E-state index contributed by atoms with van der Waals surface area (Å²) in [5, 5.41) is 10.4. The third kappa shape index (κ3) is 4.14. The van der Waals surface area contributed by atoms with E-state index in [1.165, 1.54) is 0 Å². The average molecular weight is 393 g/mol. The molecule has 0 amide bonds. The minimum absolute atomic E-state index is 0.189. The van der Waals surface area contributed by atoms with E-state index in [2.05, 4.69) is 19.5 Å². The van der Waals surface area contributed by atoms with E-state index in [0.29, 0.717) is 11.5 Å². The van der Waals surface area contributed by atoms with Crippen LogP contribution in [0.25, 0.3) is 0 Å². The van der Waals surface area contributed by atoms with Gasteiger partial charge in [0.1, 0.15) is 10.0 Å². The maximum Gasteiger partial charge on any atom is 0.131 e. The molecule has 2 fully saturated rings. The van der Waals surface area contributed by atoms with E-state index in [1.807, 2.05) is 37.3 Å². The Hall–Kier alpha value is -1.35. The van der Waals surface area contributed by atoms with Gasteiger partial charge in [0, 0.05) is 24.6 Å². The summed E-state index contributed by atoms with van der Waals surface area (Å²) < 4.78 is 23.9.